The number of hydrogen-bond acceptors (Lipinski definition) is 6. The maximum atomic E-state index is 12.8. The molecule has 0 saturated heterocycles. The van der Waals surface area contributed by atoms with Crippen LogP contribution in [-0.2, 0) is 11.3 Å². The highest BCUT2D eigenvalue weighted by molar-refractivity contribution is 6.06. The molecule has 0 unspecified atom stereocenters. The van der Waals surface area contributed by atoms with Crippen molar-refractivity contribution in [3.8, 4) is 11.5 Å². The van der Waals surface area contributed by atoms with Gasteiger partial charge < -0.3 is 25.6 Å². The van der Waals surface area contributed by atoms with Gasteiger partial charge in [-0.05, 0) is 50.6 Å². The molecular weight excluding hydrogens is 410 g/mol. The summed E-state index contributed by atoms with van der Waals surface area (Å²) < 4.78 is 11.2. The lowest BCUT2D eigenvalue weighted by atomic mass is 9.93. The molecule has 0 fully saturated rings. The van der Waals surface area contributed by atoms with Gasteiger partial charge in [-0.25, -0.2) is 4.79 Å². The molecule has 0 saturated carbocycles. The molecule has 0 bridgehead atoms. The Morgan fingerprint density at radius 3 is 2.59 bits per heavy atom. The smallest absolute Gasteiger partial charge is 0.339 e. The number of nitrogens with zero attached hydrogens (tertiary/aromatic N) is 1. The fourth-order valence-electron chi connectivity index (χ4n) is 3.36. The third-order valence-corrected chi connectivity index (χ3v) is 5.20. The first-order valence-electron chi connectivity index (χ1n) is 10.1. The molecule has 2 aromatic carbocycles. The van der Waals surface area contributed by atoms with Crippen LogP contribution in [0.25, 0.3) is 10.9 Å². The predicted molar refractivity (Wildman–Crippen MR) is 122 cm³/mol. The molecule has 0 spiro atoms. The van der Waals surface area contributed by atoms with Gasteiger partial charge in [0.15, 0.2) is 0 Å². The predicted octanol–water partition coefficient (Wildman–Crippen LogP) is 3.55. The van der Waals surface area contributed by atoms with E-state index in [1.54, 1.807) is 46.1 Å². The van der Waals surface area contributed by atoms with Crippen LogP contribution >= 0.6 is 0 Å². The highest BCUT2D eigenvalue weighted by Gasteiger charge is 2.29. The van der Waals surface area contributed by atoms with Crippen LogP contribution in [0.4, 0.5) is 5.69 Å². The van der Waals surface area contributed by atoms with Gasteiger partial charge in [0.1, 0.15) is 23.7 Å². The number of amides is 1. The van der Waals surface area contributed by atoms with E-state index in [0.717, 1.165) is 11.3 Å². The number of carboxylic acid groups (broad SMARTS) is 1. The van der Waals surface area contributed by atoms with Crippen molar-refractivity contribution in [2.24, 2.45) is 5.41 Å². The number of anilines is 1. The number of aromatic carboxylic acids is 1. The van der Waals surface area contributed by atoms with Crippen LogP contribution in [0.5, 0.6) is 11.5 Å². The molecule has 3 aromatic rings. The minimum Gasteiger partial charge on any atom is -0.497 e. The molecular formula is C24H27N3O5. The van der Waals surface area contributed by atoms with E-state index in [1.807, 2.05) is 24.3 Å². The third-order valence-electron chi connectivity index (χ3n) is 5.20. The van der Waals surface area contributed by atoms with Gasteiger partial charge in [0.05, 0.1) is 34.8 Å². The minimum absolute atomic E-state index is 0.0520. The Kier molecular flexibility index (Phi) is 6.53. The number of benzene rings is 2. The van der Waals surface area contributed by atoms with Crippen LogP contribution in [0, 0.1) is 12.3 Å². The number of nitrogens with one attached hydrogen (secondary N) is 1. The van der Waals surface area contributed by atoms with Crippen molar-refractivity contribution in [2.45, 2.75) is 27.3 Å². The lowest BCUT2D eigenvalue weighted by Gasteiger charge is -2.24. The molecule has 0 radical (unpaired) electrons. The van der Waals surface area contributed by atoms with Crippen molar-refractivity contribution in [3.63, 3.8) is 0 Å². The van der Waals surface area contributed by atoms with E-state index in [2.05, 4.69) is 10.3 Å². The summed E-state index contributed by atoms with van der Waals surface area (Å²) in [5.41, 5.74) is 7.13. The summed E-state index contributed by atoms with van der Waals surface area (Å²) in [6.45, 7) is 5.56. The molecule has 0 aliphatic carbocycles. The number of aryl methyl sites for hydroxylation is 1. The largest absolute Gasteiger partial charge is 0.497 e. The second-order valence-corrected chi connectivity index (χ2v) is 8.15. The number of hydrogen-bond donors (Lipinski definition) is 3. The molecule has 1 aromatic heterocycles. The van der Waals surface area contributed by atoms with Crippen LogP contribution in [0.2, 0.25) is 0 Å². The average molecular weight is 437 g/mol. The molecule has 0 atom stereocenters. The molecule has 4 N–H and O–H groups in total. The first-order chi connectivity index (χ1) is 15.1. The maximum Gasteiger partial charge on any atom is 0.339 e. The number of rotatable bonds is 8. The summed E-state index contributed by atoms with van der Waals surface area (Å²) in [6.07, 6.45) is 0. The van der Waals surface area contributed by atoms with E-state index in [9.17, 15) is 14.7 Å². The molecule has 8 heteroatoms. The summed E-state index contributed by atoms with van der Waals surface area (Å²) in [7, 11) is 1.59. The first-order valence-corrected chi connectivity index (χ1v) is 10.1. The average Bonchev–Trinajstić information content (AvgIpc) is 2.75. The lowest BCUT2D eigenvalue weighted by molar-refractivity contribution is -0.131. The standard InChI is InChI=1S/C24H27N3O5/c1-14-19(22(28)29)21(25)20-17(27-14)9-6-10-18(20)32-13-24(2,3)23(30)26-12-15-7-5-8-16(11-15)31-4/h5-11H,12-13H2,1-4H3,(H2,25,27)(H,26,30)(H,28,29). The van der Waals surface area contributed by atoms with E-state index >= 15 is 0 Å². The number of carbonyl (C=O) groups is 2. The number of pyridine rings is 1. The van der Waals surface area contributed by atoms with Crippen LogP contribution in [0.15, 0.2) is 42.5 Å². The lowest BCUT2D eigenvalue weighted by Crippen LogP contribution is -2.40. The Hall–Kier alpha value is -3.81. The Labute approximate surface area is 186 Å². The van der Waals surface area contributed by atoms with Crippen LogP contribution in [0.3, 0.4) is 0 Å². The van der Waals surface area contributed by atoms with E-state index < -0.39 is 11.4 Å². The van der Waals surface area contributed by atoms with Gasteiger partial charge in [-0.15, -0.1) is 0 Å². The number of nitrogens with two attached hydrogens (primary N) is 1. The van der Waals surface area contributed by atoms with E-state index in [1.165, 1.54) is 0 Å². The van der Waals surface area contributed by atoms with Crippen molar-refractivity contribution < 1.29 is 24.2 Å². The van der Waals surface area contributed by atoms with Gasteiger partial charge in [-0.1, -0.05) is 18.2 Å². The summed E-state index contributed by atoms with van der Waals surface area (Å²) in [4.78, 5) is 28.8. The Morgan fingerprint density at radius 1 is 1.19 bits per heavy atom. The van der Waals surface area contributed by atoms with E-state index in [-0.39, 0.29) is 23.8 Å². The molecule has 0 aliphatic rings. The van der Waals surface area contributed by atoms with Crippen LogP contribution in [-0.4, -0.2) is 35.7 Å². The molecule has 168 valence electrons. The quantitative estimate of drug-likeness (QED) is 0.492. The molecule has 1 heterocycles. The number of carbonyl (C=O) groups excluding carboxylic acids is 1. The van der Waals surface area contributed by atoms with Crippen molar-refractivity contribution >= 4 is 28.5 Å². The third kappa shape index (κ3) is 4.74. The number of nitrogen functional groups attached to an aromatic ring is 1. The Morgan fingerprint density at radius 2 is 1.91 bits per heavy atom. The molecule has 0 aliphatic heterocycles. The summed E-state index contributed by atoms with van der Waals surface area (Å²) in [6, 6.07) is 12.6. The van der Waals surface area contributed by atoms with Gasteiger partial charge in [0.2, 0.25) is 5.91 Å². The molecule has 8 nitrogen and oxygen atoms in total. The fourth-order valence-corrected chi connectivity index (χ4v) is 3.36. The fraction of sp³-hybridized carbons (Fsp3) is 0.292. The summed E-state index contributed by atoms with van der Waals surface area (Å²) in [5.74, 6) is -0.240. The Bertz CT molecular complexity index is 1170. The van der Waals surface area contributed by atoms with Gasteiger partial charge in [-0.3, -0.25) is 9.78 Å². The van der Waals surface area contributed by atoms with Crippen molar-refractivity contribution in [3.05, 3.63) is 59.3 Å². The topological polar surface area (TPSA) is 124 Å². The van der Waals surface area contributed by atoms with Gasteiger partial charge in [-0.2, -0.15) is 0 Å². The second-order valence-electron chi connectivity index (χ2n) is 8.15. The number of fused-ring (bicyclic) bond motifs is 1. The summed E-state index contributed by atoms with van der Waals surface area (Å²) in [5, 5.41) is 12.8. The zero-order valence-electron chi connectivity index (χ0n) is 18.6. The number of aromatic nitrogens is 1. The molecule has 1 amide bonds. The summed E-state index contributed by atoms with van der Waals surface area (Å²) >= 11 is 0. The van der Waals surface area contributed by atoms with Crippen molar-refractivity contribution in [2.75, 3.05) is 19.5 Å². The first kappa shape index (κ1) is 22.9. The van der Waals surface area contributed by atoms with Gasteiger partial charge >= 0.3 is 5.97 Å². The maximum absolute atomic E-state index is 12.8. The minimum atomic E-state index is -1.15. The highest BCUT2D eigenvalue weighted by atomic mass is 16.5. The monoisotopic (exact) mass is 437 g/mol. The second kappa shape index (κ2) is 9.13. The van der Waals surface area contributed by atoms with Gasteiger partial charge in [0, 0.05) is 6.54 Å². The molecule has 3 rings (SSSR count). The normalized spacial score (nSPS) is 11.2. The van der Waals surface area contributed by atoms with E-state index in [0.29, 0.717) is 28.9 Å². The number of ether oxygens (including phenoxy) is 2. The molecule has 32 heavy (non-hydrogen) atoms. The van der Waals surface area contributed by atoms with Gasteiger partial charge in [0.25, 0.3) is 0 Å². The van der Waals surface area contributed by atoms with Crippen LogP contribution in [0.1, 0.15) is 35.5 Å². The zero-order valence-corrected chi connectivity index (χ0v) is 18.6. The van der Waals surface area contributed by atoms with Crippen molar-refractivity contribution in [1.82, 2.24) is 10.3 Å². The highest BCUT2D eigenvalue weighted by Crippen LogP contribution is 2.34. The van der Waals surface area contributed by atoms with Crippen molar-refractivity contribution in [1.29, 1.82) is 0 Å². The number of carboxylic acids is 1. The Balaban J connectivity index is 1.76. The SMILES string of the molecule is COc1cccc(CNC(=O)C(C)(C)COc2cccc3nc(C)c(C(=O)O)c(N)c23)c1. The zero-order chi connectivity index (χ0) is 23.5. The van der Waals surface area contributed by atoms with E-state index in [4.69, 9.17) is 15.2 Å². The van der Waals surface area contributed by atoms with Crippen LogP contribution < -0.4 is 20.5 Å². The number of methoxy groups -OCH3 is 1.